The number of halogens is 3. The van der Waals surface area contributed by atoms with Gasteiger partial charge in [0.15, 0.2) is 14.6 Å². The highest BCUT2D eigenvalue weighted by Gasteiger charge is 2.37. The highest BCUT2D eigenvalue weighted by Crippen LogP contribution is 2.37. The number of benzene rings is 1. The largest absolute Gasteiger partial charge is 0.411 e. The van der Waals surface area contributed by atoms with Crippen LogP contribution in [0, 0.1) is 12.7 Å². The van der Waals surface area contributed by atoms with E-state index in [4.69, 9.17) is 20.0 Å². The number of hydrogen-bond acceptors (Lipinski definition) is 7. The fourth-order valence-corrected chi connectivity index (χ4v) is 4.97. The molecule has 3 heterocycles. The molecule has 0 spiro atoms. The topological polar surface area (TPSA) is 85.9 Å². The number of hydroxylamine groups is 2. The Balaban J connectivity index is 1.66. The van der Waals surface area contributed by atoms with Crippen molar-refractivity contribution in [1.82, 2.24) is 15.0 Å². The predicted molar refractivity (Wildman–Crippen MR) is 156 cm³/mol. The molecule has 7 nitrogen and oxygen atoms in total. The Labute approximate surface area is 240 Å². The maximum absolute atomic E-state index is 13.8. The third-order valence-electron chi connectivity index (χ3n) is 7.30. The molecule has 1 unspecified atom stereocenters. The highest BCUT2D eigenvalue weighted by atomic mass is 28.4. The summed E-state index contributed by atoms with van der Waals surface area (Å²) in [5.41, 5.74) is 9.78. The van der Waals surface area contributed by atoms with Crippen LogP contribution in [0.25, 0.3) is 11.3 Å². The lowest BCUT2D eigenvalue weighted by molar-refractivity contribution is -0.146. The first-order valence-corrected chi connectivity index (χ1v) is 16.2. The Kier molecular flexibility index (Phi) is 9.12. The van der Waals surface area contributed by atoms with E-state index in [-0.39, 0.29) is 17.3 Å². The Morgan fingerprint density at radius 1 is 0.976 bits per heavy atom. The minimum atomic E-state index is -2.75. The van der Waals surface area contributed by atoms with Crippen molar-refractivity contribution in [1.29, 1.82) is 0 Å². The van der Waals surface area contributed by atoms with Crippen molar-refractivity contribution < 1.29 is 22.4 Å². The number of aryl methyl sites for hydroxylation is 1. The predicted octanol–water partition coefficient (Wildman–Crippen LogP) is 7.01. The van der Waals surface area contributed by atoms with E-state index in [9.17, 15) is 13.2 Å². The zero-order valence-electron chi connectivity index (χ0n) is 24.2. The maximum atomic E-state index is 13.8. The lowest BCUT2D eigenvalue weighted by atomic mass is 9.98. The van der Waals surface area contributed by atoms with Crippen LogP contribution in [0.2, 0.25) is 18.1 Å². The third-order valence-corrected chi connectivity index (χ3v) is 11.8. The van der Waals surface area contributed by atoms with Gasteiger partial charge < -0.3 is 4.43 Å². The number of hydrogen-bond donors (Lipinski definition) is 1. The van der Waals surface area contributed by atoms with E-state index in [0.717, 1.165) is 5.69 Å². The van der Waals surface area contributed by atoms with Crippen molar-refractivity contribution in [2.24, 2.45) is 10.7 Å². The van der Waals surface area contributed by atoms with Gasteiger partial charge in [0.25, 0.3) is 6.43 Å². The molecule has 1 aliphatic rings. The van der Waals surface area contributed by atoms with Crippen molar-refractivity contribution >= 4 is 25.8 Å². The number of pyridine rings is 2. The summed E-state index contributed by atoms with van der Waals surface area (Å²) in [6, 6.07) is 14.4. The van der Waals surface area contributed by atoms with Gasteiger partial charge in [0.05, 0.1) is 23.7 Å². The molecule has 1 aliphatic heterocycles. The number of aromatic nitrogens is 2. The average molecular weight is 584 g/mol. The molecule has 0 radical (unpaired) electrons. The van der Waals surface area contributed by atoms with Crippen LogP contribution in [0.4, 0.5) is 13.2 Å². The number of nitrogens with two attached hydrogens (primary N) is 1. The summed E-state index contributed by atoms with van der Waals surface area (Å²) in [4.78, 5) is 19.2. The Morgan fingerprint density at radius 2 is 1.63 bits per heavy atom. The molecule has 4 rings (SSSR count). The molecule has 3 aromatic rings. The molecule has 0 bridgehead atoms. The summed E-state index contributed by atoms with van der Waals surface area (Å²) < 4.78 is 47.3. The van der Waals surface area contributed by atoms with Crippen LogP contribution >= 0.6 is 0 Å². The molecule has 1 atom stereocenters. The lowest BCUT2D eigenvalue weighted by Crippen LogP contribution is -2.42. The lowest BCUT2D eigenvalue weighted by Gasteiger charge is -2.36. The summed E-state index contributed by atoms with van der Waals surface area (Å²) in [5, 5.41) is 1.48. The monoisotopic (exact) mass is 583 g/mol. The van der Waals surface area contributed by atoms with Crippen molar-refractivity contribution in [3.63, 3.8) is 0 Å². The Hall–Kier alpha value is -3.38. The zero-order valence-corrected chi connectivity index (χ0v) is 25.2. The molecule has 218 valence electrons. The van der Waals surface area contributed by atoms with Gasteiger partial charge in [-0.2, -0.15) is 0 Å². The summed E-state index contributed by atoms with van der Waals surface area (Å²) in [5.74, 6) is -0.419. The second-order valence-corrected chi connectivity index (χ2v) is 16.3. The summed E-state index contributed by atoms with van der Waals surface area (Å²) in [6.45, 7) is 13.0. The van der Waals surface area contributed by atoms with Crippen LogP contribution in [0.3, 0.4) is 0 Å². The molecule has 0 saturated carbocycles. The van der Waals surface area contributed by atoms with E-state index in [1.807, 2.05) is 18.2 Å². The molecule has 2 aromatic heterocycles. The standard InChI is InChI=1S/C30H36F3N5O2Si/c1-19-14-21(15-26(36-19)28(32)33)25-16-35-29(34)38(27(25)20-10-12-22(31)13-11-20)39-17-23-8-7-9-24(37-23)18-40-41(5,6)30(2,3)4/h7-16,28-29H,17-18,34H2,1-6H3. The van der Waals surface area contributed by atoms with E-state index in [1.165, 1.54) is 29.5 Å². The second kappa shape index (κ2) is 12.2. The molecule has 2 N–H and O–H groups in total. The van der Waals surface area contributed by atoms with Crippen molar-refractivity contribution in [2.45, 2.75) is 71.8 Å². The minimum absolute atomic E-state index is 0.0484. The van der Waals surface area contributed by atoms with Crippen LogP contribution < -0.4 is 5.73 Å². The van der Waals surface area contributed by atoms with Crippen LogP contribution in [0.5, 0.6) is 0 Å². The third kappa shape index (κ3) is 7.28. The molecule has 0 aliphatic carbocycles. The maximum Gasteiger partial charge on any atom is 0.280 e. The van der Waals surface area contributed by atoms with Gasteiger partial charge in [-0.05, 0) is 79.2 Å². The summed E-state index contributed by atoms with van der Waals surface area (Å²) >= 11 is 0. The van der Waals surface area contributed by atoms with Crippen molar-refractivity contribution in [3.05, 3.63) is 94.3 Å². The fraction of sp³-hybridized carbons (Fsp3) is 0.367. The van der Waals surface area contributed by atoms with E-state index in [0.29, 0.717) is 40.4 Å². The van der Waals surface area contributed by atoms with Gasteiger partial charge in [0.2, 0.25) is 0 Å². The van der Waals surface area contributed by atoms with Crippen molar-refractivity contribution in [2.75, 3.05) is 0 Å². The number of nitrogens with zero attached hydrogens (tertiary/aromatic N) is 4. The SMILES string of the molecule is Cc1cc(C2=C(c3ccc(F)cc3)N(OCc3cccc(CO[Si](C)(C)C(C)(C)C)n3)C(N)N=C2)cc(C(F)F)n1. The van der Waals surface area contributed by atoms with Gasteiger partial charge in [0, 0.05) is 23.0 Å². The van der Waals surface area contributed by atoms with Crippen molar-refractivity contribution in [3.8, 4) is 0 Å². The van der Waals surface area contributed by atoms with Gasteiger partial charge in [-0.1, -0.05) is 26.8 Å². The van der Waals surface area contributed by atoms with Crippen LogP contribution in [-0.2, 0) is 22.5 Å². The van der Waals surface area contributed by atoms with E-state index < -0.39 is 26.8 Å². The van der Waals surface area contributed by atoms with Gasteiger partial charge in [-0.25, -0.2) is 18.2 Å². The summed E-state index contributed by atoms with van der Waals surface area (Å²) in [7, 11) is -1.96. The quantitative estimate of drug-likeness (QED) is 0.273. The number of rotatable bonds is 9. The molecule has 0 amide bonds. The molecule has 11 heteroatoms. The van der Waals surface area contributed by atoms with Crippen LogP contribution in [0.15, 0.2) is 59.6 Å². The first-order valence-electron chi connectivity index (χ1n) is 13.3. The van der Waals surface area contributed by atoms with Gasteiger partial charge >= 0.3 is 0 Å². The first kappa shape index (κ1) is 30.6. The second-order valence-electron chi connectivity index (χ2n) is 11.5. The molecular weight excluding hydrogens is 547 g/mol. The Morgan fingerprint density at radius 3 is 2.27 bits per heavy atom. The molecule has 0 fully saturated rings. The van der Waals surface area contributed by atoms with Gasteiger partial charge in [-0.15, -0.1) is 0 Å². The van der Waals surface area contributed by atoms with Crippen LogP contribution in [0.1, 0.15) is 61.1 Å². The molecule has 0 saturated heterocycles. The fourth-order valence-electron chi connectivity index (χ4n) is 4.02. The van der Waals surface area contributed by atoms with Gasteiger partial charge in [-0.3, -0.25) is 25.5 Å². The van der Waals surface area contributed by atoms with E-state index in [1.54, 1.807) is 25.1 Å². The van der Waals surface area contributed by atoms with Crippen LogP contribution in [-0.4, -0.2) is 35.9 Å². The summed E-state index contributed by atoms with van der Waals surface area (Å²) in [6.07, 6.45) is -2.18. The van der Waals surface area contributed by atoms with E-state index >= 15 is 0 Å². The number of alkyl halides is 2. The average Bonchev–Trinajstić information content (AvgIpc) is 2.91. The number of aliphatic imine (C=N–C) groups is 1. The normalized spacial score (nSPS) is 16.2. The van der Waals surface area contributed by atoms with E-state index in [2.05, 4.69) is 43.8 Å². The molecule has 41 heavy (non-hydrogen) atoms. The molecule has 1 aromatic carbocycles. The minimum Gasteiger partial charge on any atom is -0.411 e. The first-order chi connectivity index (χ1) is 19.2. The smallest absolute Gasteiger partial charge is 0.280 e. The van der Waals surface area contributed by atoms with Gasteiger partial charge in [0.1, 0.15) is 18.1 Å². The Bertz CT molecular complexity index is 1440. The molecular formula is C30H36F3N5O2Si. The highest BCUT2D eigenvalue weighted by molar-refractivity contribution is 6.74. The zero-order chi connectivity index (χ0) is 29.9. The number of allylic oxidation sites excluding steroid dienone is 1.